The minimum atomic E-state index is -2.87. The van der Waals surface area contributed by atoms with Crippen LogP contribution in [0.25, 0.3) is 0 Å². The number of hydrogen-bond acceptors (Lipinski definition) is 3. The minimum absolute atomic E-state index is 0.398. The van der Waals surface area contributed by atoms with Gasteiger partial charge in [0.25, 0.3) is 5.92 Å². The summed E-state index contributed by atoms with van der Waals surface area (Å²) in [4.78, 5) is 10.2. The molecule has 0 radical (unpaired) electrons. The highest BCUT2D eigenvalue weighted by Crippen LogP contribution is 2.39. The molecule has 5 heteroatoms. The van der Waals surface area contributed by atoms with Gasteiger partial charge in [0.05, 0.1) is 12.1 Å². The normalized spacial score (nSPS) is 36.3. The zero-order valence-electron chi connectivity index (χ0n) is 6.41. The molecule has 0 bridgehead atoms. The Kier molecular flexibility index (Phi) is 2.44. The van der Waals surface area contributed by atoms with E-state index in [1.54, 1.807) is 0 Å². The summed E-state index contributed by atoms with van der Waals surface area (Å²) in [6.07, 6.45) is -1.83. The maximum absolute atomic E-state index is 12.6. The second kappa shape index (κ2) is 3.06. The Morgan fingerprint density at radius 1 is 1.58 bits per heavy atom. The van der Waals surface area contributed by atoms with Crippen molar-refractivity contribution in [1.82, 2.24) is 0 Å². The molecule has 1 saturated carbocycles. The Bertz CT molecular complexity index is 186. The van der Waals surface area contributed by atoms with Crippen LogP contribution in [0.1, 0.15) is 12.8 Å². The second-order valence-corrected chi connectivity index (χ2v) is 3.21. The van der Waals surface area contributed by atoms with Crippen LogP contribution in [0.2, 0.25) is 0 Å². The van der Waals surface area contributed by atoms with Gasteiger partial charge < -0.3 is 15.6 Å². The summed E-state index contributed by atoms with van der Waals surface area (Å²) in [6.45, 7) is 0. The van der Waals surface area contributed by atoms with Crippen molar-refractivity contribution in [3.8, 4) is 0 Å². The highest BCUT2D eigenvalue weighted by atomic mass is 19.3. The van der Waals surface area contributed by atoms with E-state index in [9.17, 15) is 13.6 Å². The predicted molar refractivity (Wildman–Crippen MR) is 37.7 cm³/mol. The van der Waals surface area contributed by atoms with Crippen molar-refractivity contribution in [2.45, 2.75) is 30.9 Å². The van der Waals surface area contributed by atoms with Gasteiger partial charge >= 0.3 is 0 Å². The molecule has 0 amide bonds. The number of carbonyl (C=O) groups is 1. The van der Waals surface area contributed by atoms with Gasteiger partial charge in [-0.25, -0.2) is 8.78 Å². The summed E-state index contributed by atoms with van der Waals surface area (Å²) in [5.41, 5.74) is 5.23. The van der Waals surface area contributed by atoms with Crippen molar-refractivity contribution < 1.29 is 18.7 Å². The van der Waals surface area contributed by atoms with E-state index >= 15 is 0 Å². The molecule has 0 aromatic carbocycles. The molecule has 1 aliphatic rings. The molecule has 3 unspecified atom stereocenters. The number of nitrogens with two attached hydrogens (primary N) is 1. The average Bonchev–Trinajstić information content (AvgIpc) is 2.23. The Morgan fingerprint density at radius 2 is 2.17 bits per heavy atom. The summed E-state index contributed by atoms with van der Waals surface area (Å²) in [7, 11) is 0. The van der Waals surface area contributed by atoms with Crippen LogP contribution in [0.15, 0.2) is 0 Å². The van der Waals surface area contributed by atoms with Gasteiger partial charge in [-0.05, 0) is 0 Å². The number of aliphatic hydroxyl groups is 1. The van der Waals surface area contributed by atoms with Crippen LogP contribution in [0, 0.1) is 5.92 Å². The Hall–Kier alpha value is -0.550. The molecular weight excluding hydrogens is 168 g/mol. The number of aliphatic hydroxyl groups excluding tert-OH is 1. The van der Waals surface area contributed by atoms with Crippen molar-refractivity contribution in [3.63, 3.8) is 0 Å². The van der Waals surface area contributed by atoms with Gasteiger partial charge in [0.2, 0.25) is 0 Å². The largest absolute Gasteiger partial charge is 0.393 e. The molecule has 0 saturated heterocycles. The van der Waals surface area contributed by atoms with Crippen LogP contribution in [-0.4, -0.2) is 29.5 Å². The molecule has 1 rings (SSSR count). The van der Waals surface area contributed by atoms with Gasteiger partial charge in [-0.3, -0.25) is 0 Å². The molecule has 0 aromatic heterocycles. The molecule has 3 atom stereocenters. The smallest absolute Gasteiger partial charge is 0.251 e. The fourth-order valence-electron chi connectivity index (χ4n) is 1.52. The average molecular weight is 179 g/mol. The Labute approximate surface area is 68.5 Å². The van der Waals surface area contributed by atoms with Crippen LogP contribution in [-0.2, 0) is 4.79 Å². The van der Waals surface area contributed by atoms with Gasteiger partial charge in [-0.2, -0.15) is 0 Å². The third kappa shape index (κ3) is 1.78. The summed E-state index contributed by atoms with van der Waals surface area (Å²) in [5.74, 6) is -3.66. The molecule has 0 aliphatic heterocycles. The van der Waals surface area contributed by atoms with Crippen LogP contribution < -0.4 is 5.73 Å². The van der Waals surface area contributed by atoms with E-state index in [-0.39, 0.29) is 0 Å². The van der Waals surface area contributed by atoms with E-state index in [4.69, 9.17) is 10.8 Å². The lowest BCUT2D eigenvalue weighted by atomic mass is 9.98. The summed E-state index contributed by atoms with van der Waals surface area (Å²) in [5, 5.41) is 9.11. The van der Waals surface area contributed by atoms with Crippen LogP contribution in [0.3, 0.4) is 0 Å². The molecule has 0 aromatic rings. The third-order valence-corrected chi connectivity index (χ3v) is 2.19. The molecule has 1 fully saturated rings. The summed E-state index contributed by atoms with van der Waals surface area (Å²) < 4.78 is 25.2. The van der Waals surface area contributed by atoms with Crippen molar-refractivity contribution in [2.75, 3.05) is 0 Å². The molecule has 70 valence electrons. The van der Waals surface area contributed by atoms with E-state index < -0.39 is 36.8 Å². The quantitative estimate of drug-likeness (QED) is 0.583. The van der Waals surface area contributed by atoms with Gasteiger partial charge in [0.15, 0.2) is 0 Å². The number of halogens is 2. The molecule has 0 heterocycles. The molecule has 0 spiro atoms. The lowest BCUT2D eigenvalue weighted by molar-refractivity contribution is -0.110. The first-order valence-corrected chi connectivity index (χ1v) is 3.73. The highest BCUT2D eigenvalue weighted by Gasteiger charge is 2.47. The van der Waals surface area contributed by atoms with E-state index in [2.05, 4.69) is 0 Å². The van der Waals surface area contributed by atoms with Crippen molar-refractivity contribution in [2.24, 2.45) is 11.7 Å². The SMILES string of the molecule is NC(C=O)C1CC(F)(F)CC1O. The van der Waals surface area contributed by atoms with E-state index in [0.717, 1.165) is 0 Å². The lowest BCUT2D eigenvalue weighted by Crippen LogP contribution is -2.36. The standard InChI is InChI=1S/C7H11F2NO2/c8-7(9)1-4(5(10)3-11)6(12)2-7/h3-6,12H,1-2,10H2. The maximum Gasteiger partial charge on any atom is 0.251 e. The summed E-state index contributed by atoms with van der Waals surface area (Å²) in [6, 6.07) is -0.978. The first-order valence-electron chi connectivity index (χ1n) is 3.73. The number of alkyl halides is 2. The van der Waals surface area contributed by atoms with Crippen LogP contribution in [0.5, 0.6) is 0 Å². The zero-order chi connectivity index (χ0) is 9.35. The topological polar surface area (TPSA) is 63.3 Å². The fraction of sp³-hybridized carbons (Fsp3) is 0.857. The molecular formula is C7H11F2NO2. The molecule has 12 heavy (non-hydrogen) atoms. The van der Waals surface area contributed by atoms with E-state index in [1.807, 2.05) is 0 Å². The van der Waals surface area contributed by atoms with Gasteiger partial charge in [-0.15, -0.1) is 0 Å². The second-order valence-electron chi connectivity index (χ2n) is 3.21. The maximum atomic E-state index is 12.6. The molecule has 3 nitrogen and oxygen atoms in total. The highest BCUT2D eigenvalue weighted by molar-refractivity contribution is 5.58. The van der Waals surface area contributed by atoms with E-state index in [0.29, 0.717) is 6.29 Å². The van der Waals surface area contributed by atoms with Crippen molar-refractivity contribution in [3.05, 3.63) is 0 Å². The van der Waals surface area contributed by atoms with Gasteiger partial charge in [0.1, 0.15) is 6.29 Å². The molecule has 1 aliphatic carbocycles. The predicted octanol–water partition coefficient (Wildman–Crippen LogP) is -0.0812. The van der Waals surface area contributed by atoms with Crippen molar-refractivity contribution >= 4 is 6.29 Å². The zero-order valence-corrected chi connectivity index (χ0v) is 6.41. The van der Waals surface area contributed by atoms with Crippen LogP contribution >= 0.6 is 0 Å². The number of aldehydes is 1. The lowest BCUT2D eigenvalue weighted by Gasteiger charge is -2.15. The Morgan fingerprint density at radius 3 is 2.50 bits per heavy atom. The fourth-order valence-corrected chi connectivity index (χ4v) is 1.52. The van der Waals surface area contributed by atoms with Gasteiger partial charge in [0, 0.05) is 18.8 Å². The minimum Gasteiger partial charge on any atom is -0.393 e. The third-order valence-electron chi connectivity index (χ3n) is 2.19. The first kappa shape index (κ1) is 9.54. The summed E-state index contributed by atoms with van der Waals surface area (Å²) >= 11 is 0. The number of rotatable bonds is 2. The van der Waals surface area contributed by atoms with Crippen LogP contribution in [0.4, 0.5) is 8.78 Å². The van der Waals surface area contributed by atoms with E-state index in [1.165, 1.54) is 0 Å². The van der Waals surface area contributed by atoms with Gasteiger partial charge in [-0.1, -0.05) is 0 Å². The number of carbonyl (C=O) groups excluding carboxylic acids is 1. The Balaban J connectivity index is 2.63. The monoisotopic (exact) mass is 179 g/mol. The number of hydrogen-bond donors (Lipinski definition) is 2. The molecule has 3 N–H and O–H groups in total. The first-order chi connectivity index (χ1) is 5.46. The van der Waals surface area contributed by atoms with Crippen molar-refractivity contribution in [1.29, 1.82) is 0 Å².